The summed E-state index contributed by atoms with van der Waals surface area (Å²) in [6.45, 7) is 2.63. The van der Waals surface area contributed by atoms with Crippen LogP contribution in [0, 0.1) is 11.3 Å². The van der Waals surface area contributed by atoms with Crippen molar-refractivity contribution in [3.63, 3.8) is 0 Å². The van der Waals surface area contributed by atoms with E-state index in [4.69, 9.17) is 10.5 Å². The molecular formula is C12H21NO2. The van der Waals surface area contributed by atoms with Crippen LogP contribution in [0.2, 0.25) is 0 Å². The quantitative estimate of drug-likeness (QED) is 0.725. The highest BCUT2D eigenvalue weighted by molar-refractivity contribution is 5.80. The van der Waals surface area contributed by atoms with E-state index >= 15 is 0 Å². The molecule has 2 atom stereocenters. The highest BCUT2D eigenvalue weighted by Crippen LogP contribution is 2.46. The number of hydrogen-bond acceptors (Lipinski definition) is 3. The average molecular weight is 211 g/mol. The summed E-state index contributed by atoms with van der Waals surface area (Å²) in [6, 6.07) is 0. The van der Waals surface area contributed by atoms with Crippen molar-refractivity contribution in [1.82, 2.24) is 0 Å². The van der Waals surface area contributed by atoms with Crippen molar-refractivity contribution in [3.05, 3.63) is 0 Å². The van der Waals surface area contributed by atoms with Gasteiger partial charge < -0.3 is 10.5 Å². The van der Waals surface area contributed by atoms with E-state index in [1.165, 1.54) is 19.3 Å². The molecule has 3 nitrogen and oxygen atoms in total. The van der Waals surface area contributed by atoms with Gasteiger partial charge in [-0.05, 0) is 38.0 Å². The average Bonchev–Trinajstić information content (AvgIpc) is 3.02. The summed E-state index contributed by atoms with van der Waals surface area (Å²) in [7, 11) is 0. The molecular weight excluding hydrogens is 190 g/mol. The summed E-state index contributed by atoms with van der Waals surface area (Å²) < 4.78 is 5.60. The molecule has 0 radical (unpaired) electrons. The van der Waals surface area contributed by atoms with Crippen LogP contribution >= 0.6 is 0 Å². The molecule has 2 fully saturated rings. The van der Waals surface area contributed by atoms with Gasteiger partial charge in [0, 0.05) is 6.54 Å². The fourth-order valence-corrected chi connectivity index (χ4v) is 2.36. The van der Waals surface area contributed by atoms with Gasteiger partial charge in [-0.25, -0.2) is 0 Å². The maximum Gasteiger partial charge on any atom is 0.313 e. The van der Waals surface area contributed by atoms with Gasteiger partial charge in [0.15, 0.2) is 0 Å². The van der Waals surface area contributed by atoms with E-state index in [1.807, 2.05) is 0 Å². The van der Waals surface area contributed by atoms with Gasteiger partial charge in [0.05, 0.1) is 5.41 Å². The molecule has 2 rings (SSSR count). The standard InChI is InChI=1S/C12H21NO2/c1-9-4-2-3-5-10(9)15-11(14)12(8-13)6-7-12/h9-10H,2-8,13H2,1H3. The summed E-state index contributed by atoms with van der Waals surface area (Å²) in [5, 5.41) is 0. The highest BCUT2D eigenvalue weighted by Gasteiger charge is 2.51. The molecule has 0 amide bonds. The van der Waals surface area contributed by atoms with Gasteiger partial charge >= 0.3 is 5.97 Å². The molecule has 0 aromatic carbocycles. The van der Waals surface area contributed by atoms with E-state index in [0.717, 1.165) is 19.3 Å². The second-order valence-electron chi connectivity index (χ2n) is 5.19. The van der Waals surface area contributed by atoms with E-state index in [-0.39, 0.29) is 17.5 Å². The largest absolute Gasteiger partial charge is 0.462 e. The monoisotopic (exact) mass is 211 g/mol. The molecule has 3 heteroatoms. The van der Waals surface area contributed by atoms with Crippen molar-refractivity contribution >= 4 is 5.97 Å². The summed E-state index contributed by atoms with van der Waals surface area (Å²) in [6.07, 6.45) is 6.68. The minimum Gasteiger partial charge on any atom is -0.462 e. The Kier molecular flexibility index (Phi) is 3.01. The Morgan fingerprint density at radius 2 is 2.07 bits per heavy atom. The molecule has 2 aliphatic carbocycles. The lowest BCUT2D eigenvalue weighted by molar-refractivity contribution is -0.159. The van der Waals surface area contributed by atoms with Gasteiger partial charge in [-0.15, -0.1) is 0 Å². The van der Waals surface area contributed by atoms with Crippen LogP contribution in [0.3, 0.4) is 0 Å². The van der Waals surface area contributed by atoms with Crippen molar-refractivity contribution in [3.8, 4) is 0 Å². The van der Waals surface area contributed by atoms with Gasteiger partial charge in [0.2, 0.25) is 0 Å². The smallest absolute Gasteiger partial charge is 0.313 e. The molecule has 0 aromatic heterocycles. The molecule has 2 saturated carbocycles. The molecule has 2 unspecified atom stereocenters. The normalized spacial score (nSPS) is 33.5. The van der Waals surface area contributed by atoms with E-state index in [0.29, 0.717) is 12.5 Å². The van der Waals surface area contributed by atoms with Crippen LogP contribution < -0.4 is 5.73 Å². The Bertz CT molecular complexity index is 248. The Morgan fingerprint density at radius 1 is 1.40 bits per heavy atom. The van der Waals surface area contributed by atoms with Crippen molar-refractivity contribution in [2.45, 2.75) is 51.6 Å². The Labute approximate surface area is 91.4 Å². The zero-order valence-corrected chi connectivity index (χ0v) is 9.50. The second-order valence-corrected chi connectivity index (χ2v) is 5.19. The Morgan fingerprint density at radius 3 is 2.60 bits per heavy atom. The van der Waals surface area contributed by atoms with Crippen molar-refractivity contribution in [1.29, 1.82) is 0 Å². The van der Waals surface area contributed by atoms with Crippen LogP contribution in [0.25, 0.3) is 0 Å². The molecule has 2 aliphatic rings. The number of carbonyl (C=O) groups excluding carboxylic acids is 1. The molecule has 0 aromatic rings. The fraction of sp³-hybridized carbons (Fsp3) is 0.917. The lowest BCUT2D eigenvalue weighted by Gasteiger charge is -2.29. The SMILES string of the molecule is CC1CCCCC1OC(=O)C1(CN)CC1. The zero-order valence-electron chi connectivity index (χ0n) is 9.50. The maximum atomic E-state index is 11.9. The van der Waals surface area contributed by atoms with E-state index in [9.17, 15) is 4.79 Å². The molecule has 2 N–H and O–H groups in total. The minimum atomic E-state index is -0.294. The van der Waals surface area contributed by atoms with E-state index < -0.39 is 0 Å². The van der Waals surface area contributed by atoms with Crippen LogP contribution in [-0.4, -0.2) is 18.6 Å². The first-order valence-electron chi connectivity index (χ1n) is 6.09. The van der Waals surface area contributed by atoms with Crippen molar-refractivity contribution < 1.29 is 9.53 Å². The van der Waals surface area contributed by atoms with Gasteiger partial charge in [-0.2, -0.15) is 0 Å². The molecule has 0 bridgehead atoms. The minimum absolute atomic E-state index is 0.0382. The van der Waals surface area contributed by atoms with E-state index in [2.05, 4.69) is 6.92 Å². The number of hydrogen-bond donors (Lipinski definition) is 1. The van der Waals surface area contributed by atoms with Crippen LogP contribution in [0.5, 0.6) is 0 Å². The van der Waals surface area contributed by atoms with E-state index in [1.54, 1.807) is 0 Å². The third-order valence-electron chi connectivity index (χ3n) is 3.97. The zero-order chi connectivity index (χ0) is 10.9. The van der Waals surface area contributed by atoms with Gasteiger partial charge in [0.25, 0.3) is 0 Å². The molecule has 0 saturated heterocycles. The van der Waals surface area contributed by atoms with Gasteiger partial charge in [-0.1, -0.05) is 13.3 Å². The maximum absolute atomic E-state index is 11.9. The summed E-state index contributed by atoms with van der Waals surface area (Å²) in [5.41, 5.74) is 5.31. The number of nitrogens with two attached hydrogens (primary N) is 1. The predicted molar refractivity (Wildman–Crippen MR) is 58.2 cm³/mol. The van der Waals surface area contributed by atoms with Crippen molar-refractivity contribution in [2.24, 2.45) is 17.1 Å². The molecule has 0 heterocycles. The Balaban J connectivity index is 1.88. The first-order chi connectivity index (χ1) is 7.18. The molecule has 86 valence electrons. The molecule has 0 spiro atoms. The van der Waals surface area contributed by atoms with Crippen molar-refractivity contribution in [2.75, 3.05) is 6.54 Å². The number of rotatable bonds is 3. The third-order valence-corrected chi connectivity index (χ3v) is 3.97. The lowest BCUT2D eigenvalue weighted by Crippen LogP contribution is -2.34. The van der Waals surface area contributed by atoms with Gasteiger partial charge in [0.1, 0.15) is 6.10 Å². The van der Waals surface area contributed by atoms with Crippen LogP contribution in [-0.2, 0) is 9.53 Å². The van der Waals surface area contributed by atoms with Crippen LogP contribution in [0.15, 0.2) is 0 Å². The predicted octanol–water partition coefficient (Wildman–Crippen LogP) is 1.85. The first-order valence-corrected chi connectivity index (χ1v) is 6.09. The third kappa shape index (κ3) is 2.17. The summed E-state index contributed by atoms with van der Waals surface area (Å²) in [5.74, 6) is 0.486. The highest BCUT2D eigenvalue weighted by atomic mass is 16.5. The number of esters is 1. The second kappa shape index (κ2) is 4.12. The van der Waals surface area contributed by atoms with Crippen LogP contribution in [0.1, 0.15) is 45.4 Å². The number of ether oxygens (including phenoxy) is 1. The number of carbonyl (C=O) groups is 1. The molecule has 15 heavy (non-hydrogen) atoms. The summed E-state index contributed by atoms with van der Waals surface area (Å²) in [4.78, 5) is 11.9. The molecule has 0 aliphatic heterocycles. The summed E-state index contributed by atoms with van der Waals surface area (Å²) >= 11 is 0. The fourth-order valence-electron chi connectivity index (χ4n) is 2.36. The topological polar surface area (TPSA) is 52.3 Å². The van der Waals surface area contributed by atoms with Crippen LogP contribution in [0.4, 0.5) is 0 Å². The Hall–Kier alpha value is -0.570. The lowest BCUT2D eigenvalue weighted by atomic mass is 9.88. The van der Waals surface area contributed by atoms with Gasteiger partial charge in [-0.3, -0.25) is 4.79 Å². The first kappa shape index (κ1) is 10.9.